The van der Waals surface area contributed by atoms with Gasteiger partial charge in [0.1, 0.15) is 5.75 Å². The molecular formula is C8H17ClN2O3S. The van der Waals surface area contributed by atoms with Crippen molar-refractivity contribution in [1.82, 2.24) is 10.2 Å². The lowest BCUT2D eigenvalue weighted by atomic mass is 10.2. The molecule has 1 aliphatic heterocycles. The molecule has 1 amide bonds. The van der Waals surface area contributed by atoms with E-state index < -0.39 is 9.84 Å². The minimum atomic E-state index is -3.21. The molecule has 1 fully saturated rings. The first-order valence-corrected chi connectivity index (χ1v) is 6.64. The van der Waals surface area contributed by atoms with E-state index in [0.29, 0.717) is 6.54 Å². The van der Waals surface area contributed by atoms with Gasteiger partial charge in [-0.2, -0.15) is 0 Å². The fourth-order valence-corrected chi connectivity index (χ4v) is 2.13. The Kier molecular flexibility index (Phi) is 5.55. The summed E-state index contributed by atoms with van der Waals surface area (Å²) in [6.07, 6.45) is 1.08. The van der Waals surface area contributed by atoms with Crippen LogP contribution in [0, 0.1) is 0 Å². The molecule has 0 bridgehead atoms. The summed E-state index contributed by atoms with van der Waals surface area (Å²) >= 11 is 0. The highest BCUT2D eigenvalue weighted by Gasteiger charge is 2.24. The molecule has 1 heterocycles. The molecule has 0 radical (unpaired) electrons. The van der Waals surface area contributed by atoms with E-state index in [-0.39, 0.29) is 30.1 Å². The Morgan fingerprint density at radius 2 is 2.13 bits per heavy atom. The summed E-state index contributed by atoms with van der Waals surface area (Å²) in [6.45, 7) is 3.97. The smallest absolute Gasteiger partial charge is 0.238 e. The lowest BCUT2D eigenvalue weighted by Gasteiger charge is -2.33. The third kappa shape index (κ3) is 4.81. The minimum Gasteiger partial charge on any atom is -0.337 e. The van der Waals surface area contributed by atoms with E-state index in [9.17, 15) is 13.2 Å². The topological polar surface area (TPSA) is 66.5 Å². The summed E-state index contributed by atoms with van der Waals surface area (Å²) in [5.74, 6) is -0.668. The van der Waals surface area contributed by atoms with Crippen LogP contribution >= 0.6 is 12.4 Å². The van der Waals surface area contributed by atoms with Crippen LogP contribution in [0.1, 0.15) is 6.92 Å². The molecule has 0 unspecified atom stereocenters. The molecule has 1 atom stereocenters. The molecule has 7 heteroatoms. The van der Waals surface area contributed by atoms with Crippen molar-refractivity contribution in [2.24, 2.45) is 0 Å². The van der Waals surface area contributed by atoms with Crippen molar-refractivity contribution >= 4 is 28.2 Å². The van der Waals surface area contributed by atoms with Crippen molar-refractivity contribution in [3.63, 3.8) is 0 Å². The summed E-state index contributed by atoms with van der Waals surface area (Å²) in [6, 6.07) is 0.0815. The normalized spacial score (nSPS) is 22.0. The van der Waals surface area contributed by atoms with Crippen molar-refractivity contribution in [2.75, 3.05) is 31.6 Å². The zero-order chi connectivity index (χ0) is 10.8. The first kappa shape index (κ1) is 14.7. The summed E-state index contributed by atoms with van der Waals surface area (Å²) in [5, 5.41) is 3.14. The second-order valence-electron chi connectivity index (χ2n) is 3.71. The Balaban J connectivity index is 0.00000196. The summed E-state index contributed by atoms with van der Waals surface area (Å²) in [5.41, 5.74) is 0. The van der Waals surface area contributed by atoms with Crippen molar-refractivity contribution in [2.45, 2.75) is 13.0 Å². The Labute approximate surface area is 96.5 Å². The van der Waals surface area contributed by atoms with E-state index in [2.05, 4.69) is 5.32 Å². The van der Waals surface area contributed by atoms with Crippen molar-refractivity contribution in [3.05, 3.63) is 0 Å². The Morgan fingerprint density at radius 1 is 1.53 bits per heavy atom. The van der Waals surface area contributed by atoms with Gasteiger partial charge in [0.15, 0.2) is 9.84 Å². The van der Waals surface area contributed by atoms with Gasteiger partial charge in [0.05, 0.1) is 0 Å². The van der Waals surface area contributed by atoms with Gasteiger partial charge in [0.25, 0.3) is 0 Å². The quantitative estimate of drug-likeness (QED) is 0.708. The predicted octanol–water partition coefficient (Wildman–Crippen LogP) is -0.727. The number of sulfone groups is 1. The van der Waals surface area contributed by atoms with Gasteiger partial charge < -0.3 is 10.2 Å². The molecule has 0 aromatic rings. The van der Waals surface area contributed by atoms with Gasteiger partial charge in [0, 0.05) is 31.9 Å². The predicted molar refractivity (Wildman–Crippen MR) is 61.0 cm³/mol. The van der Waals surface area contributed by atoms with Gasteiger partial charge in [-0.1, -0.05) is 0 Å². The molecule has 1 N–H and O–H groups in total. The van der Waals surface area contributed by atoms with E-state index >= 15 is 0 Å². The van der Waals surface area contributed by atoms with E-state index in [1.807, 2.05) is 6.92 Å². The zero-order valence-electron chi connectivity index (χ0n) is 8.89. The number of piperazine rings is 1. The Hall–Kier alpha value is -0.330. The first-order chi connectivity index (χ1) is 6.40. The maximum Gasteiger partial charge on any atom is 0.238 e. The number of carbonyl (C=O) groups is 1. The number of rotatable bonds is 2. The fourth-order valence-electron chi connectivity index (χ4n) is 1.52. The summed E-state index contributed by atoms with van der Waals surface area (Å²) in [4.78, 5) is 13.2. The lowest BCUT2D eigenvalue weighted by Crippen LogP contribution is -2.53. The average molecular weight is 257 g/mol. The second-order valence-corrected chi connectivity index (χ2v) is 5.85. The number of nitrogens with one attached hydrogen (secondary N) is 1. The van der Waals surface area contributed by atoms with Crippen LogP contribution in [0.2, 0.25) is 0 Å². The second kappa shape index (κ2) is 5.67. The van der Waals surface area contributed by atoms with Crippen LogP contribution in [0.3, 0.4) is 0 Å². The molecule has 15 heavy (non-hydrogen) atoms. The van der Waals surface area contributed by atoms with Gasteiger partial charge in [-0.25, -0.2) is 8.42 Å². The Morgan fingerprint density at radius 3 is 2.60 bits per heavy atom. The monoisotopic (exact) mass is 256 g/mol. The van der Waals surface area contributed by atoms with Gasteiger partial charge in [0.2, 0.25) is 5.91 Å². The number of hydrogen-bond acceptors (Lipinski definition) is 4. The number of halogens is 1. The Bertz CT molecular complexity index is 318. The molecule has 0 aromatic heterocycles. The average Bonchev–Trinajstić information content (AvgIpc) is 2.01. The van der Waals surface area contributed by atoms with Crippen molar-refractivity contribution in [1.29, 1.82) is 0 Å². The third-order valence-corrected chi connectivity index (χ3v) is 2.98. The van der Waals surface area contributed by atoms with E-state index in [1.54, 1.807) is 4.90 Å². The molecule has 5 nitrogen and oxygen atoms in total. The maximum atomic E-state index is 11.5. The molecule has 90 valence electrons. The highest BCUT2D eigenvalue weighted by molar-refractivity contribution is 7.91. The molecule has 0 saturated carbocycles. The van der Waals surface area contributed by atoms with E-state index in [1.165, 1.54) is 0 Å². The largest absolute Gasteiger partial charge is 0.337 e. The van der Waals surface area contributed by atoms with Crippen LogP contribution < -0.4 is 5.32 Å². The summed E-state index contributed by atoms with van der Waals surface area (Å²) < 4.78 is 21.9. The molecule has 0 aromatic carbocycles. The molecule has 0 aliphatic carbocycles. The number of carbonyl (C=O) groups excluding carboxylic acids is 1. The molecule has 1 aliphatic rings. The molecular weight excluding hydrogens is 240 g/mol. The minimum absolute atomic E-state index is 0. The van der Waals surface area contributed by atoms with Gasteiger partial charge in [-0.05, 0) is 6.92 Å². The highest BCUT2D eigenvalue weighted by Crippen LogP contribution is 2.03. The van der Waals surface area contributed by atoms with Crippen LogP contribution in [-0.4, -0.2) is 56.9 Å². The van der Waals surface area contributed by atoms with Crippen LogP contribution in [0.4, 0.5) is 0 Å². The molecule has 1 saturated heterocycles. The standard InChI is InChI=1S/C8H16N2O3S.ClH/c1-7-5-9-3-4-10(7)8(11)6-14(2,12)13;/h7,9H,3-6H2,1-2H3;1H/t7-;/m0./s1. The van der Waals surface area contributed by atoms with Crippen LogP contribution in [-0.2, 0) is 14.6 Å². The lowest BCUT2D eigenvalue weighted by molar-refractivity contribution is -0.131. The first-order valence-electron chi connectivity index (χ1n) is 4.58. The molecule has 0 spiro atoms. The van der Waals surface area contributed by atoms with Crippen LogP contribution in [0.15, 0.2) is 0 Å². The zero-order valence-corrected chi connectivity index (χ0v) is 10.5. The van der Waals surface area contributed by atoms with Gasteiger partial charge in [-0.3, -0.25) is 4.79 Å². The number of nitrogens with zero attached hydrogens (tertiary/aromatic N) is 1. The SMILES string of the molecule is C[C@H]1CNCCN1C(=O)CS(C)(=O)=O.Cl. The molecule has 1 rings (SSSR count). The van der Waals surface area contributed by atoms with E-state index in [0.717, 1.165) is 19.3 Å². The highest BCUT2D eigenvalue weighted by atomic mass is 35.5. The van der Waals surface area contributed by atoms with Crippen LogP contribution in [0.25, 0.3) is 0 Å². The van der Waals surface area contributed by atoms with E-state index in [4.69, 9.17) is 0 Å². The third-order valence-electron chi connectivity index (χ3n) is 2.21. The summed E-state index contributed by atoms with van der Waals surface area (Å²) in [7, 11) is -3.21. The van der Waals surface area contributed by atoms with Gasteiger partial charge in [-0.15, -0.1) is 12.4 Å². The number of amides is 1. The fraction of sp³-hybridized carbons (Fsp3) is 0.875. The maximum absolute atomic E-state index is 11.5. The van der Waals surface area contributed by atoms with Gasteiger partial charge >= 0.3 is 0 Å². The van der Waals surface area contributed by atoms with Crippen molar-refractivity contribution < 1.29 is 13.2 Å². The number of hydrogen-bond donors (Lipinski definition) is 1. The van der Waals surface area contributed by atoms with Crippen molar-refractivity contribution in [3.8, 4) is 0 Å². The van der Waals surface area contributed by atoms with Crippen LogP contribution in [0.5, 0.6) is 0 Å².